The number of hydrogen-bond acceptors (Lipinski definition) is 5. The molecular formula is C21H21ClN4O2. The highest BCUT2D eigenvalue weighted by Gasteiger charge is 2.38. The Morgan fingerprint density at radius 3 is 2.64 bits per heavy atom. The summed E-state index contributed by atoms with van der Waals surface area (Å²) in [6, 6.07) is 11.4. The molecule has 3 aromatic rings. The number of nitrogens with zero attached hydrogens (tertiary/aromatic N) is 4. The van der Waals surface area contributed by atoms with Gasteiger partial charge in [0.25, 0.3) is 5.91 Å². The van der Waals surface area contributed by atoms with Crippen molar-refractivity contribution in [2.75, 3.05) is 24.5 Å². The highest BCUT2D eigenvalue weighted by molar-refractivity contribution is 6.30. The number of pyridine rings is 1. The number of carbonyl (C=O) groups excluding carboxylic acids is 1. The second-order valence-corrected chi connectivity index (χ2v) is 7.88. The van der Waals surface area contributed by atoms with Gasteiger partial charge in [-0.2, -0.15) is 0 Å². The third kappa shape index (κ3) is 3.60. The van der Waals surface area contributed by atoms with E-state index in [4.69, 9.17) is 16.0 Å². The Morgan fingerprint density at radius 1 is 1.18 bits per heavy atom. The number of benzene rings is 1. The van der Waals surface area contributed by atoms with Gasteiger partial charge in [0, 0.05) is 42.7 Å². The van der Waals surface area contributed by atoms with Crippen molar-refractivity contribution in [2.45, 2.75) is 19.4 Å². The smallest absolute Gasteiger partial charge is 0.276 e. The molecule has 0 atom stereocenters. The van der Waals surface area contributed by atoms with Gasteiger partial charge >= 0.3 is 0 Å². The van der Waals surface area contributed by atoms with E-state index in [9.17, 15) is 4.79 Å². The van der Waals surface area contributed by atoms with Gasteiger partial charge in [-0.3, -0.25) is 9.78 Å². The molecule has 1 aliphatic rings. The Labute approximate surface area is 168 Å². The normalized spacial score (nSPS) is 16.2. The lowest BCUT2D eigenvalue weighted by atomic mass is 9.97. The Balaban J connectivity index is 1.51. The lowest BCUT2D eigenvalue weighted by Gasteiger charge is -2.47. The zero-order chi connectivity index (χ0) is 19.7. The van der Waals surface area contributed by atoms with Crippen molar-refractivity contribution in [3.05, 3.63) is 65.8 Å². The van der Waals surface area contributed by atoms with E-state index >= 15 is 0 Å². The van der Waals surface area contributed by atoms with Crippen molar-refractivity contribution >= 4 is 23.2 Å². The fraction of sp³-hybridized carbons (Fsp3) is 0.286. The monoisotopic (exact) mass is 396 g/mol. The van der Waals surface area contributed by atoms with Gasteiger partial charge in [0.1, 0.15) is 6.26 Å². The van der Waals surface area contributed by atoms with Gasteiger partial charge in [-0.1, -0.05) is 11.6 Å². The summed E-state index contributed by atoms with van der Waals surface area (Å²) in [6.45, 7) is 6.19. The second-order valence-electron chi connectivity index (χ2n) is 7.45. The van der Waals surface area contributed by atoms with Gasteiger partial charge < -0.3 is 14.2 Å². The molecule has 0 unspecified atom stereocenters. The van der Waals surface area contributed by atoms with Crippen LogP contribution in [0.4, 0.5) is 5.69 Å². The van der Waals surface area contributed by atoms with Gasteiger partial charge in [0.2, 0.25) is 5.89 Å². The topological polar surface area (TPSA) is 62.5 Å². The number of aromatic nitrogens is 2. The van der Waals surface area contributed by atoms with E-state index < -0.39 is 0 Å². The van der Waals surface area contributed by atoms with Crippen LogP contribution in [0.5, 0.6) is 0 Å². The van der Waals surface area contributed by atoms with E-state index in [1.165, 1.54) is 6.26 Å². The lowest BCUT2D eigenvalue weighted by Crippen LogP contribution is -2.61. The molecule has 0 radical (unpaired) electrons. The average molecular weight is 397 g/mol. The molecule has 3 heterocycles. The maximum absolute atomic E-state index is 13.1. The molecule has 1 aromatic carbocycles. The average Bonchev–Trinajstić information content (AvgIpc) is 3.18. The molecule has 0 spiro atoms. The number of hydrogen-bond donors (Lipinski definition) is 0. The van der Waals surface area contributed by atoms with Crippen molar-refractivity contribution in [1.82, 2.24) is 14.9 Å². The molecule has 0 bridgehead atoms. The molecule has 2 aromatic heterocycles. The quantitative estimate of drug-likeness (QED) is 0.666. The third-order valence-corrected chi connectivity index (χ3v) is 5.22. The number of carbonyl (C=O) groups is 1. The second kappa shape index (κ2) is 7.28. The minimum atomic E-state index is -0.359. The molecule has 0 aliphatic carbocycles. The Morgan fingerprint density at radius 2 is 1.96 bits per heavy atom. The van der Waals surface area contributed by atoms with E-state index in [-0.39, 0.29) is 11.4 Å². The van der Waals surface area contributed by atoms with Crippen molar-refractivity contribution < 1.29 is 9.21 Å². The molecule has 1 amide bonds. The summed E-state index contributed by atoms with van der Waals surface area (Å²) in [5.74, 6) is 0.272. The molecule has 1 fully saturated rings. The largest absolute Gasteiger partial charge is 0.444 e. The van der Waals surface area contributed by atoms with Crippen molar-refractivity contribution in [3.8, 4) is 11.5 Å². The number of amides is 1. The fourth-order valence-electron chi connectivity index (χ4n) is 3.54. The summed E-state index contributed by atoms with van der Waals surface area (Å²) in [5, 5.41) is 0.715. The molecule has 6 nitrogen and oxygen atoms in total. The first-order chi connectivity index (χ1) is 13.4. The summed E-state index contributed by atoms with van der Waals surface area (Å²) in [6.07, 6.45) is 4.77. The Hall–Kier alpha value is -2.86. The van der Waals surface area contributed by atoms with E-state index in [0.29, 0.717) is 29.7 Å². The Bertz CT molecular complexity index is 970. The lowest BCUT2D eigenvalue weighted by molar-refractivity contribution is 0.0508. The van der Waals surface area contributed by atoms with Crippen molar-refractivity contribution in [2.24, 2.45) is 0 Å². The van der Waals surface area contributed by atoms with Gasteiger partial charge in [0.05, 0.1) is 11.1 Å². The first-order valence-electron chi connectivity index (χ1n) is 9.12. The summed E-state index contributed by atoms with van der Waals surface area (Å²) < 4.78 is 5.51. The molecule has 1 aliphatic heterocycles. The predicted molar refractivity (Wildman–Crippen MR) is 109 cm³/mol. The predicted octanol–water partition coefficient (Wildman–Crippen LogP) is 4.13. The van der Waals surface area contributed by atoms with E-state index in [0.717, 1.165) is 17.8 Å². The van der Waals surface area contributed by atoms with Crippen LogP contribution in [0.25, 0.3) is 11.5 Å². The summed E-state index contributed by atoms with van der Waals surface area (Å²) >= 11 is 5.99. The van der Waals surface area contributed by atoms with E-state index in [1.54, 1.807) is 18.5 Å². The van der Waals surface area contributed by atoms with Crippen LogP contribution in [0, 0.1) is 0 Å². The van der Waals surface area contributed by atoms with Crippen LogP contribution in [0.15, 0.2) is 59.5 Å². The van der Waals surface area contributed by atoms with Gasteiger partial charge in [-0.25, -0.2) is 4.98 Å². The summed E-state index contributed by atoms with van der Waals surface area (Å²) in [5.41, 5.74) is 1.80. The number of rotatable bonds is 3. The number of halogens is 1. The number of oxazole rings is 1. The molecule has 144 valence electrons. The highest BCUT2D eigenvalue weighted by Crippen LogP contribution is 2.28. The van der Waals surface area contributed by atoms with Crippen LogP contribution in [0.3, 0.4) is 0 Å². The Kier molecular flexibility index (Phi) is 4.81. The molecule has 0 saturated carbocycles. The van der Waals surface area contributed by atoms with E-state index in [1.807, 2.05) is 35.2 Å². The number of piperazine rings is 1. The van der Waals surface area contributed by atoms with Gasteiger partial charge in [0.15, 0.2) is 5.69 Å². The molecular weight excluding hydrogens is 376 g/mol. The summed E-state index contributed by atoms with van der Waals surface area (Å²) in [4.78, 5) is 25.7. The SMILES string of the molecule is CC1(C)CN(c2ccc(Cl)cc2)CCN1C(=O)c1coc(-c2cccnc2)n1. The van der Waals surface area contributed by atoms with Crippen molar-refractivity contribution in [3.63, 3.8) is 0 Å². The highest BCUT2D eigenvalue weighted by atomic mass is 35.5. The first kappa shape index (κ1) is 18.5. The minimum Gasteiger partial charge on any atom is -0.444 e. The van der Waals surface area contributed by atoms with Crippen LogP contribution in [-0.4, -0.2) is 45.9 Å². The standard InChI is InChI=1S/C21H21ClN4O2/c1-21(2)14-25(17-7-5-16(22)6-8-17)10-11-26(21)20(27)18-13-28-19(24-18)15-4-3-9-23-12-15/h3-9,12-13H,10-11,14H2,1-2H3. The zero-order valence-electron chi connectivity index (χ0n) is 15.8. The maximum Gasteiger partial charge on any atom is 0.276 e. The van der Waals surface area contributed by atoms with Crippen LogP contribution in [0.2, 0.25) is 5.02 Å². The van der Waals surface area contributed by atoms with Gasteiger partial charge in [-0.05, 0) is 50.2 Å². The van der Waals surface area contributed by atoms with Crippen LogP contribution < -0.4 is 4.90 Å². The van der Waals surface area contributed by atoms with Crippen LogP contribution in [0.1, 0.15) is 24.3 Å². The molecule has 4 rings (SSSR count). The van der Waals surface area contributed by atoms with E-state index in [2.05, 4.69) is 28.7 Å². The molecule has 1 saturated heterocycles. The van der Waals surface area contributed by atoms with Gasteiger partial charge in [-0.15, -0.1) is 0 Å². The van der Waals surface area contributed by atoms with Crippen molar-refractivity contribution in [1.29, 1.82) is 0 Å². The fourth-order valence-corrected chi connectivity index (χ4v) is 3.66. The molecule has 0 N–H and O–H groups in total. The van der Waals surface area contributed by atoms with Crippen LogP contribution in [-0.2, 0) is 0 Å². The number of anilines is 1. The molecule has 7 heteroatoms. The van der Waals surface area contributed by atoms with Crippen LogP contribution >= 0.6 is 11.6 Å². The zero-order valence-corrected chi connectivity index (χ0v) is 16.6. The maximum atomic E-state index is 13.1. The first-order valence-corrected chi connectivity index (χ1v) is 9.50. The third-order valence-electron chi connectivity index (χ3n) is 4.97. The summed E-state index contributed by atoms with van der Waals surface area (Å²) in [7, 11) is 0. The minimum absolute atomic E-state index is 0.125. The molecule has 28 heavy (non-hydrogen) atoms.